The molecule has 2 rings (SSSR count). The second-order valence-electron chi connectivity index (χ2n) is 2.90. The Bertz CT molecular complexity index is 433. The van der Waals surface area contributed by atoms with Crippen LogP contribution in [0.4, 0.5) is 0 Å². The molecule has 1 aromatic heterocycles. The summed E-state index contributed by atoms with van der Waals surface area (Å²) in [4.78, 5) is 8.08. The average Bonchev–Trinajstić information content (AvgIpc) is 2.16. The molecule has 78 valence electrons. The lowest BCUT2D eigenvalue weighted by atomic mass is 10.2. The fraction of sp³-hybridized carbons (Fsp3) is 0.125. The van der Waals surface area contributed by atoms with E-state index in [9.17, 15) is 0 Å². The summed E-state index contributed by atoms with van der Waals surface area (Å²) in [5.41, 5.74) is 6.29. The van der Waals surface area contributed by atoms with Crippen molar-refractivity contribution in [2.24, 2.45) is 10.7 Å². The van der Waals surface area contributed by atoms with E-state index >= 15 is 0 Å². The fourth-order valence-electron chi connectivity index (χ4n) is 1.23. The lowest BCUT2D eigenvalue weighted by Crippen LogP contribution is -2.49. The predicted octanol–water partition coefficient (Wildman–Crippen LogP) is 0.526. The van der Waals surface area contributed by atoms with Gasteiger partial charge < -0.3 is 16.4 Å². The molecule has 1 aliphatic heterocycles. The minimum Gasteiger partial charge on any atom is -0.370 e. The number of thiocarbonyl (C=S) groups is 1. The molecule has 4 N–H and O–H groups in total. The number of pyridine rings is 1. The zero-order valence-electron chi connectivity index (χ0n) is 7.57. The first kappa shape index (κ1) is 10.1. The molecular formula is C8H8ClN5S. The molecule has 0 amide bonds. The topological polar surface area (TPSA) is 75.3 Å². The van der Waals surface area contributed by atoms with Gasteiger partial charge in [0.1, 0.15) is 5.15 Å². The van der Waals surface area contributed by atoms with E-state index in [1.165, 1.54) is 0 Å². The summed E-state index contributed by atoms with van der Waals surface area (Å²) in [5, 5.41) is 6.42. The summed E-state index contributed by atoms with van der Waals surface area (Å²) in [6, 6.07) is 3.59. The van der Waals surface area contributed by atoms with Gasteiger partial charge in [-0.2, -0.15) is 0 Å². The Morgan fingerprint density at radius 2 is 2.33 bits per heavy atom. The van der Waals surface area contributed by atoms with Crippen LogP contribution >= 0.6 is 23.8 Å². The molecular weight excluding hydrogens is 234 g/mol. The molecule has 0 radical (unpaired) electrons. The molecule has 1 atom stereocenters. The Morgan fingerprint density at radius 1 is 1.53 bits per heavy atom. The van der Waals surface area contributed by atoms with E-state index in [0.29, 0.717) is 10.3 Å². The highest BCUT2D eigenvalue weighted by atomic mass is 35.5. The van der Waals surface area contributed by atoms with Crippen LogP contribution < -0.4 is 16.4 Å². The highest BCUT2D eigenvalue weighted by Crippen LogP contribution is 2.22. The third kappa shape index (κ3) is 2.16. The number of nitrogens with zero attached hydrogens (tertiary/aromatic N) is 2. The number of guanidine groups is 1. The van der Waals surface area contributed by atoms with Crippen molar-refractivity contribution >= 4 is 34.9 Å². The number of nitrogens with two attached hydrogens (primary N) is 1. The lowest BCUT2D eigenvalue weighted by molar-refractivity contribution is 0.657. The van der Waals surface area contributed by atoms with E-state index in [2.05, 4.69) is 20.6 Å². The van der Waals surface area contributed by atoms with Gasteiger partial charge >= 0.3 is 0 Å². The van der Waals surface area contributed by atoms with Crippen molar-refractivity contribution in [2.45, 2.75) is 6.17 Å². The number of aliphatic imine (C=N–C) groups is 1. The summed E-state index contributed by atoms with van der Waals surface area (Å²) < 4.78 is 0. The SMILES string of the molecule is NC1=NC(c2cccnc2Cl)NC(=S)N1. The number of halogens is 1. The van der Waals surface area contributed by atoms with Crippen molar-refractivity contribution in [3.8, 4) is 0 Å². The Labute approximate surface area is 96.7 Å². The van der Waals surface area contributed by atoms with E-state index < -0.39 is 0 Å². The maximum absolute atomic E-state index is 5.93. The molecule has 15 heavy (non-hydrogen) atoms. The first-order valence-corrected chi connectivity index (χ1v) is 4.96. The van der Waals surface area contributed by atoms with Crippen LogP contribution in [0.3, 0.4) is 0 Å². The average molecular weight is 242 g/mol. The molecule has 0 aromatic carbocycles. The summed E-state index contributed by atoms with van der Waals surface area (Å²) in [6.07, 6.45) is 1.23. The molecule has 1 unspecified atom stereocenters. The van der Waals surface area contributed by atoms with Gasteiger partial charge in [-0.15, -0.1) is 0 Å². The van der Waals surface area contributed by atoms with Gasteiger partial charge in [-0.25, -0.2) is 9.98 Å². The first-order chi connectivity index (χ1) is 7.16. The summed E-state index contributed by atoms with van der Waals surface area (Å²) >= 11 is 10.9. The second-order valence-corrected chi connectivity index (χ2v) is 3.67. The zero-order valence-corrected chi connectivity index (χ0v) is 9.14. The van der Waals surface area contributed by atoms with Crippen molar-refractivity contribution in [1.82, 2.24) is 15.6 Å². The molecule has 0 aliphatic carbocycles. The summed E-state index contributed by atoms with van der Waals surface area (Å²) in [5.74, 6) is 0.267. The van der Waals surface area contributed by atoms with Crippen LogP contribution in [-0.2, 0) is 0 Å². The van der Waals surface area contributed by atoms with E-state index in [-0.39, 0.29) is 12.1 Å². The van der Waals surface area contributed by atoms with Gasteiger partial charge in [0.25, 0.3) is 0 Å². The Hall–Kier alpha value is -1.40. The summed E-state index contributed by atoms with van der Waals surface area (Å²) in [7, 11) is 0. The molecule has 2 heterocycles. The van der Waals surface area contributed by atoms with Crippen molar-refractivity contribution in [2.75, 3.05) is 0 Å². The van der Waals surface area contributed by atoms with Gasteiger partial charge in [0.15, 0.2) is 17.2 Å². The highest BCUT2D eigenvalue weighted by molar-refractivity contribution is 7.80. The predicted molar refractivity (Wildman–Crippen MR) is 62.5 cm³/mol. The van der Waals surface area contributed by atoms with Crippen LogP contribution in [0.15, 0.2) is 23.3 Å². The molecule has 0 spiro atoms. The molecule has 0 bridgehead atoms. The quantitative estimate of drug-likeness (QED) is 0.494. The van der Waals surface area contributed by atoms with Gasteiger partial charge in [-0.05, 0) is 18.3 Å². The molecule has 0 fully saturated rings. The number of hydrogen-bond donors (Lipinski definition) is 3. The monoisotopic (exact) mass is 241 g/mol. The third-order valence-corrected chi connectivity index (χ3v) is 2.40. The van der Waals surface area contributed by atoms with E-state index in [4.69, 9.17) is 29.6 Å². The second kappa shape index (κ2) is 4.00. The van der Waals surface area contributed by atoms with Gasteiger partial charge in [-0.3, -0.25) is 0 Å². The molecule has 7 heteroatoms. The van der Waals surface area contributed by atoms with Crippen molar-refractivity contribution in [3.63, 3.8) is 0 Å². The van der Waals surface area contributed by atoms with Crippen LogP contribution in [0.1, 0.15) is 11.7 Å². The molecule has 1 aromatic rings. The molecule has 5 nitrogen and oxygen atoms in total. The molecule has 1 aliphatic rings. The van der Waals surface area contributed by atoms with Crippen molar-refractivity contribution < 1.29 is 0 Å². The zero-order chi connectivity index (χ0) is 10.8. The number of hydrogen-bond acceptors (Lipinski definition) is 4. The van der Waals surface area contributed by atoms with E-state index in [1.54, 1.807) is 12.3 Å². The Balaban J connectivity index is 2.36. The number of aromatic nitrogens is 1. The largest absolute Gasteiger partial charge is 0.370 e. The number of nitrogens with one attached hydrogen (secondary N) is 2. The normalized spacial score (nSPS) is 20.2. The minimum atomic E-state index is -0.375. The minimum absolute atomic E-state index is 0.267. The fourth-order valence-corrected chi connectivity index (χ4v) is 1.67. The maximum atomic E-state index is 5.93. The van der Waals surface area contributed by atoms with Gasteiger partial charge in [0.2, 0.25) is 0 Å². The van der Waals surface area contributed by atoms with Crippen LogP contribution in [0.25, 0.3) is 0 Å². The van der Waals surface area contributed by atoms with E-state index in [1.807, 2.05) is 6.07 Å². The Morgan fingerprint density at radius 3 is 3.00 bits per heavy atom. The lowest BCUT2D eigenvalue weighted by Gasteiger charge is -2.23. The third-order valence-electron chi connectivity index (χ3n) is 1.86. The standard InChI is InChI=1S/C8H8ClN5S/c9-5-4(2-1-3-11-5)6-12-7(10)14-8(15)13-6/h1-3,6H,(H4,10,12,13,14,15). The van der Waals surface area contributed by atoms with Crippen molar-refractivity contribution in [1.29, 1.82) is 0 Å². The van der Waals surface area contributed by atoms with E-state index in [0.717, 1.165) is 5.56 Å². The molecule has 0 saturated heterocycles. The van der Waals surface area contributed by atoms with Crippen LogP contribution in [0, 0.1) is 0 Å². The smallest absolute Gasteiger partial charge is 0.197 e. The molecule has 0 saturated carbocycles. The van der Waals surface area contributed by atoms with Gasteiger partial charge in [-0.1, -0.05) is 17.7 Å². The highest BCUT2D eigenvalue weighted by Gasteiger charge is 2.19. The van der Waals surface area contributed by atoms with Crippen LogP contribution in [0.2, 0.25) is 5.15 Å². The Kier molecular flexibility index (Phi) is 2.70. The van der Waals surface area contributed by atoms with Crippen LogP contribution in [0.5, 0.6) is 0 Å². The maximum Gasteiger partial charge on any atom is 0.197 e. The van der Waals surface area contributed by atoms with Crippen LogP contribution in [-0.4, -0.2) is 16.1 Å². The van der Waals surface area contributed by atoms with Gasteiger partial charge in [0, 0.05) is 11.8 Å². The first-order valence-electron chi connectivity index (χ1n) is 4.18. The van der Waals surface area contributed by atoms with Gasteiger partial charge in [0.05, 0.1) is 0 Å². The van der Waals surface area contributed by atoms with Crippen molar-refractivity contribution in [3.05, 3.63) is 29.0 Å². The summed E-state index contributed by atoms with van der Waals surface area (Å²) in [6.45, 7) is 0. The number of rotatable bonds is 1.